The molecule has 2 aromatic carbocycles. The Morgan fingerprint density at radius 1 is 1.11 bits per heavy atom. The standard InChI is InChI=1S/C27H34N4O5S2/c1-7-35-25(32)29-15-18-8-13-21(23(14-18)38(34)31-27(4,5)6)22-16-28-24(37-22)19-9-11-20(12-10-19)30-26(33)36-17(2)3/h8-14,16-17,31H,7,15H2,1-6H3,(H,29,32)(H,30,33). The number of carbonyl (C=O) groups excluding carboxylic acids is 2. The molecule has 11 heteroatoms. The number of hydrogen-bond donors (Lipinski definition) is 3. The van der Waals surface area contributed by atoms with Crippen LogP contribution in [0.4, 0.5) is 15.3 Å². The maximum absolute atomic E-state index is 13.3. The van der Waals surface area contributed by atoms with E-state index in [0.717, 1.165) is 26.6 Å². The van der Waals surface area contributed by atoms with Crippen LogP contribution < -0.4 is 15.4 Å². The number of ether oxygens (including phenoxy) is 2. The molecule has 1 atom stereocenters. The number of benzene rings is 2. The summed E-state index contributed by atoms with van der Waals surface area (Å²) in [5.74, 6) is 0. The van der Waals surface area contributed by atoms with Gasteiger partial charge in [0.15, 0.2) is 4.90 Å². The number of anilines is 1. The Bertz CT molecular complexity index is 1240. The van der Waals surface area contributed by atoms with Gasteiger partial charge in [0.2, 0.25) is 0 Å². The largest absolute Gasteiger partial charge is 0.593 e. The van der Waals surface area contributed by atoms with E-state index in [-0.39, 0.29) is 24.8 Å². The lowest BCUT2D eigenvalue weighted by atomic mass is 10.1. The highest BCUT2D eigenvalue weighted by atomic mass is 32.2. The van der Waals surface area contributed by atoms with Crippen molar-refractivity contribution in [1.29, 1.82) is 0 Å². The second-order valence-corrected chi connectivity index (χ2v) is 11.9. The van der Waals surface area contributed by atoms with Crippen LogP contribution in [0.3, 0.4) is 0 Å². The SMILES string of the molecule is CCOC(=O)NCc1ccc(-c2cnc(-c3ccc(NC(=O)OC(C)C)cc3)s2)c([S+]([O-])NC(C)(C)C)c1. The molecule has 0 aliphatic carbocycles. The number of hydrogen-bond acceptors (Lipinski definition) is 8. The van der Waals surface area contributed by atoms with Crippen LogP contribution in [-0.2, 0) is 27.4 Å². The van der Waals surface area contributed by atoms with Gasteiger partial charge in [-0.3, -0.25) is 5.32 Å². The van der Waals surface area contributed by atoms with E-state index in [0.29, 0.717) is 10.6 Å². The highest BCUT2D eigenvalue weighted by molar-refractivity contribution is 7.89. The predicted molar refractivity (Wildman–Crippen MR) is 151 cm³/mol. The molecule has 1 unspecified atom stereocenters. The van der Waals surface area contributed by atoms with Crippen LogP contribution in [0.15, 0.2) is 53.6 Å². The molecule has 1 heterocycles. The molecule has 0 spiro atoms. The molecule has 3 rings (SSSR count). The Kier molecular flexibility index (Phi) is 10.1. The molecule has 3 aromatic rings. The number of aromatic nitrogens is 1. The first kappa shape index (κ1) is 29.4. The Labute approximate surface area is 230 Å². The van der Waals surface area contributed by atoms with E-state index in [1.165, 1.54) is 11.3 Å². The normalized spacial score (nSPS) is 12.2. The molecule has 0 saturated heterocycles. The summed E-state index contributed by atoms with van der Waals surface area (Å²) in [7, 11) is 0. The number of nitrogens with zero attached hydrogens (tertiary/aromatic N) is 1. The molecule has 1 aromatic heterocycles. The molecular weight excluding hydrogens is 524 g/mol. The van der Waals surface area contributed by atoms with Crippen molar-refractivity contribution in [3.8, 4) is 21.0 Å². The molecule has 0 aliphatic heterocycles. The zero-order valence-corrected chi connectivity index (χ0v) is 24.0. The highest BCUT2D eigenvalue weighted by Gasteiger charge is 2.25. The van der Waals surface area contributed by atoms with Crippen LogP contribution in [0.25, 0.3) is 21.0 Å². The van der Waals surface area contributed by atoms with E-state index in [2.05, 4.69) is 20.3 Å². The van der Waals surface area contributed by atoms with Crippen molar-refractivity contribution >= 4 is 40.6 Å². The fourth-order valence-electron chi connectivity index (χ4n) is 3.31. The second kappa shape index (κ2) is 13.1. The van der Waals surface area contributed by atoms with E-state index in [1.807, 2.05) is 51.1 Å². The van der Waals surface area contributed by atoms with Gasteiger partial charge in [0, 0.05) is 30.1 Å². The minimum Gasteiger partial charge on any atom is -0.593 e. The van der Waals surface area contributed by atoms with Crippen LogP contribution in [0.1, 0.15) is 47.1 Å². The van der Waals surface area contributed by atoms with Crippen molar-refractivity contribution in [2.45, 2.75) is 64.6 Å². The van der Waals surface area contributed by atoms with Gasteiger partial charge in [-0.15, -0.1) is 16.1 Å². The zero-order chi connectivity index (χ0) is 27.9. The molecule has 3 N–H and O–H groups in total. The molecule has 2 amide bonds. The van der Waals surface area contributed by atoms with Gasteiger partial charge in [0.05, 0.1) is 40.1 Å². The maximum Gasteiger partial charge on any atom is 0.411 e. The van der Waals surface area contributed by atoms with E-state index in [1.54, 1.807) is 39.1 Å². The van der Waals surface area contributed by atoms with Gasteiger partial charge < -0.3 is 19.3 Å². The van der Waals surface area contributed by atoms with Gasteiger partial charge in [-0.1, -0.05) is 6.07 Å². The Morgan fingerprint density at radius 3 is 2.45 bits per heavy atom. The lowest BCUT2D eigenvalue weighted by molar-refractivity contribution is 0.130. The molecule has 9 nitrogen and oxygen atoms in total. The van der Waals surface area contributed by atoms with E-state index in [9.17, 15) is 14.1 Å². The summed E-state index contributed by atoms with van der Waals surface area (Å²) in [6.45, 7) is 11.7. The van der Waals surface area contributed by atoms with Gasteiger partial charge in [-0.05, 0) is 77.4 Å². The molecule has 38 heavy (non-hydrogen) atoms. The monoisotopic (exact) mass is 558 g/mol. The molecular formula is C27H34N4O5S2. The summed E-state index contributed by atoms with van der Waals surface area (Å²) in [6, 6.07) is 12.9. The summed E-state index contributed by atoms with van der Waals surface area (Å²) in [4.78, 5) is 29.6. The van der Waals surface area contributed by atoms with E-state index < -0.39 is 23.5 Å². The number of rotatable bonds is 9. The Hall–Kier alpha value is -3.12. The van der Waals surface area contributed by atoms with Crippen molar-refractivity contribution in [3.63, 3.8) is 0 Å². The Balaban J connectivity index is 1.85. The topological polar surface area (TPSA) is 125 Å². The summed E-state index contributed by atoms with van der Waals surface area (Å²) in [5, 5.41) is 6.18. The summed E-state index contributed by atoms with van der Waals surface area (Å²) in [5.41, 5.74) is 2.71. The van der Waals surface area contributed by atoms with Crippen molar-refractivity contribution in [2.24, 2.45) is 0 Å². The van der Waals surface area contributed by atoms with E-state index >= 15 is 0 Å². The van der Waals surface area contributed by atoms with Gasteiger partial charge in [0.25, 0.3) is 0 Å². The maximum atomic E-state index is 13.3. The van der Waals surface area contributed by atoms with Gasteiger partial charge in [-0.25, -0.2) is 14.6 Å². The Morgan fingerprint density at radius 2 is 1.82 bits per heavy atom. The number of amides is 2. The second-order valence-electron chi connectivity index (χ2n) is 9.71. The molecule has 204 valence electrons. The van der Waals surface area contributed by atoms with Crippen LogP contribution in [0, 0.1) is 0 Å². The fraction of sp³-hybridized carbons (Fsp3) is 0.370. The van der Waals surface area contributed by atoms with Crippen molar-refractivity contribution in [3.05, 3.63) is 54.2 Å². The van der Waals surface area contributed by atoms with Crippen LogP contribution in [-0.4, -0.2) is 40.0 Å². The van der Waals surface area contributed by atoms with Crippen LogP contribution >= 0.6 is 11.3 Å². The van der Waals surface area contributed by atoms with Gasteiger partial charge in [0.1, 0.15) is 5.01 Å². The number of alkyl carbamates (subject to hydrolysis) is 1. The lowest BCUT2D eigenvalue weighted by Crippen LogP contribution is -2.40. The third-order valence-corrected chi connectivity index (χ3v) is 7.46. The predicted octanol–water partition coefficient (Wildman–Crippen LogP) is 6.09. The molecule has 0 saturated carbocycles. The average Bonchev–Trinajstić information content (AvgIpc) is 3.32. The first-order chi connectivity index (χ1) is 17.9. The molecule has 0 aliphatic rings. The van der Waals surface area contributed by atoms with Crippen LogP contribution in [0.5, 0.6) is 0 Å². The van der Waals surface area contributed by atoms with E-state index in [4.69, 9.17) is 9.47 Å². The van der Waals surface area contributed by atoms with Crippen molar-refractivity contribution in [2.75, 3.05) is 11.9 Å². The summed E-state index contributed by atoms with van der Waals surface area (Å²) >= 11 is -0.0362. The summed E-state index contributed by atoms with van der Waals surface area (Å²) < 4.78 is 26.5. The minimum atomic E-state index is -1.51. The van der Waals surface area contributed by atoms with Crippen molar-refractivity contribution < 1.29 is 23.6 Å². The minimum absolute atomic E-state index is 0.205. The number of nitrogens with one attached hydrogen (secondary N) is 3. The first-order valence-corrected chi connectivity index (χ1v) is 14.2. The molecule has 0 bridgehead atoms. The summed E-state index contributed by atoms with van der Waals surface area (Å²) in [6.07, 6.45) is 0.547. The zero-order valence-electron chi connectivity index (χ0n) is 22.4. The van der Waals surface area contributed by atoms with Gasteiger partial charge in [-0.2, -0.15) is 0 Å². The third-order valence-electron chi connectivity index (χ3n) is 4.85. The molecule has 0 fully saturated rings. The third kappa shape index (κ3) is 8.73. The average molecular weight is 559 g/mol. The fourth-order valence-corrected chi connectivity index (χ4v) is 5.64. The quantitative estimate of drug-likeness (QED) is 0.271. The smallest absolute Gasteiger partial charge is 0.411 e. The number of thiazole rings is 1. The number of carbonyl (C=O) groups is 2. The molecule has 0 radical (unpaired) electrons. The van der Waals surface area contributed by atoms with Gasteiger partial charge >= 0.3 is 12.2 Å². The van der Waals surface area contributed by atoms with Crippen molar-refractivity contribution in [1.82, 2.24) is 15.0 Å². The lowest BCUT2D eigenvalue weighted by Gasteiger charge is -2.23. The highest BCUT2D eigenvalue weighted by Crippen LogP contribution is 2.36. The first-order valence-electron chi connectivity index (χ1n) is 12.2. The van der Waals surface area contributed by atoms with Crippen LogP contribution in [0.2, 0.25) is 0 Å².